The normalized spacial score (nSPS) is 10.3. The van der Waals surface area contributed by atoms with Gasteiger partial charge in [-0.15, -0.1) is 11.3 Å². The number of aromatic nitrogens is 1. The maximum absolute atomic E-state index is 11.5. The molecule has 0 aromatic carbocycles. The number of ether oxygens (including phenoxy) is 1. The molecule has 1 N–H and O–H groups in total. The summed E-state index contributed by atoms with van der Waals surface area (Å²) in [6.45, 7) is 2.55. The topological polar surface area (TPSA) is 51.2 Å². The summed E-state index contributed by atoms with van der Waals surface area (Å²) in [4.78, 5) is 17.0. The first-order chi connectivity index (χ1) is 9.60. The van der Waals surface area contributed by atoms with Gasteiger partial charge in [-0.2, -0.15) is 0 Å². The van der Waals surface area contributed by atoms with Gasteiger partial charge in [-0.05, 0) is 37.6 Å². The zero-order valence-electron chi connectivity index (χ0n) is 11.3. The van der Waals surface area contributed by atoms with Gasteiger partial charge < -0.3 is 10.1 Å². The summed E-state index contributed by atoms with van der Waals surface area (Å²) < 4.78 is 5.49. The van der Waals surface area contributed by atoms with Gasteiger partial charge in [0.05, 0.1) is 22.7 Å². The van der Waals surface area contributed by atoms with Crippen LogP contribution < -0.4 is 5.32 Å². The number of anilines is 1. The van der Waals surface area contributed by atoms with Crippen LogP contribution in [0.2, 0.25) is 4.34 Å². The number of esters is 1. The van der Waals surface area contributed by atoms with E-state index in [1.165, 1.54) is 12.0 Å². The number of halogens is 1. The molecule has 0 saturated carbocycles. The van der Waals surface area contributed by atoms with Gasteiger partial charge in [-0.1, -0.05) is 11.6 Å². The van der Waals surface area contributed by atoms with E-state index in [4.69, 9.17) is 11.6 Å². The molecule has 0 atom stereocenters. The second kappa shape index (κ2) is 6.72. The van der Waals surface area contributed by atoms with Gasteiger partial charge in [0.2, 0.25) is 0 Å². The Morgan fingerprint density at radius 1 is 1.40 bits per heavy atom. The largest absolute Gasteiger partial charge is 0.465 e. The molecular formula is C14H15ClN2O2S. The SMILES string of the molecule is COC(=O)c1ccc(NCCc2ccc(Cl)s2)nc1C. The Kier molecular flexibility index (Phi) is 4.98. The van der Waals surface area contributed by atoms with Crippen molar-refractivity contribution >= 4 is 34.7 Å². The number of nitrogens with one attached hydrogen (secondary N) is 1. The number of carbonyl (C=O) groups excluding carboxylic acids is 1. The van der Waals surface area contributed by atoms with Crippen molar-refractivity contribution in [3.05, 3.63) is 44.7 Å². The summed E-state index contributed by atoms with van der Waals surface area (Å²) in [7, 11) is 1.36. The molecule has 2 rings (SSSR count). The van der Waals surface area contributed by atoms with Crippen molar-refractivity contribution < 1.29 is 9.53 Å². The number of aryl methyl sites for hydroxylation is 1. The van der Waals surface area contributed by atoms with Gasteiger partial charge in [0.1, 0.15) is 5.82 Å². The van der Waals surface area contributed by atoms with E-state index < -0.39 is 0 Å². The van der Waals surface area contributed by atoms with Crippen molar-refractivity contribution in [1.82, 2.24) is 4.98 Å². The minimum atomic E-state index is -0.366. The lowest BCUT2D eigenvalue weighted by Crippen LogP contribution is -2.09. The highest BCUT2D eigenvalue weighted by Gasteiger charge is 2.10. The lowest BCUT2D eigenvalue weighted by molar-refractivity contribution is 0.0599. The smallest absolute Gasteiger partial charge is 0.339 e. The molecule has 0 fully saturated rings. The number of methoxy groups -OCH3 is 1. The molecule has 106 valence electrons. The maximum atomic E-state index is 11.5. The van der Waals surface area contributed by atoms with E-state index in [0.717, 1.165) is 23.1 Å². The minimum absolute atomic E-state index is 0.366. The van der Waals surface area contributed by atoms with E-state index >= 15 is 0 Å². The summed E-state index contributed by atoms with van der Waals surface area (Å²) in [5.41, 5.74) is 1.14. The highest BCUT2D eigenvalue weighted by atomic mass is 35.5. The minimum Gasteiger partial charge on any atom is -0.465 e. The summed E-state index contributed by atoms with van der Waals surface area (Å²) in [6, 6.07) is 7.42. The van der Waals surface area contributed by atoms with Crippen LogP contribution in [0.15, 0.2) is 24.3 Å². The number of hydrogen-bond acceptors (Lipinski definition) is 5. The highest BCUT2D eigenvalue weighted by Crippen LogP contribution is 2.21. The third kappa shape index (κ3) is 3.71. The molecule has 0 aliphatic carbocycles. The first-order valence-corrected chi connectivity index (χ1v) is 7.33. The van der Waals surface area contributed by atoms with Crippen LogP contribution in [0.5, 0.6) is 0 Å². The summed E-state index contributed by atoms with van der Waals surface area (Å²) in [5, 5.41) is 3.23. The number of pyridine rings is 1. The Hall–Kier alpha value is -1.59. The Balaban J connectivity index is 1.93. The van der Waals surface area contributed by atoms with Crippen molar-refractivity contribution in [3.63, 3.8) is 0 Å². The number of hydrogen-bond donors (Lipinski definition) is 1. The lowest BCUT2D eigenvalue weighted by atomic mass is 10.2. The van der Waals surface area contributed by atoms with Crippen LogP contribution >= 0.6 is 22.9 Å². The first-order valence-electron chi connectivity index (χ1n) is 6.14. The van der Waals surface area contributed by atoms with Crippen molar-refractivity contribution in [2.45, 2.75) is 13.3 Å². The fraction of sp³-hybridized carbons (Fsp3) is 0.286. The van der Waals surface area contributed by atoms with Crippen LogP contribution in [-0.4, -0.2) is 24.6 Å². The molecule has 0 saturated heterocycles. The molecule has 20 heavy (non-hydrogen) atoms. The molecule has 2 heterocycles. The molecule has 4 nitrogen and oxygen atoms in total. The highest BCUT2D eigenvalue weighted by molar-refractivity contribution is 7.16. The first kappa shape index (κ1) is 14.8. The van der Waals surface area contributed by atoms with E-state index in [9.17, 15) is 4.79 Å². The predicted octanol–water partition coefficient (Wildman–Crippen LogP) is 3.55. The van der Waals surface area contributed by atoms with E-state index in [2.05, 4.69) is 15.0 Å². The molecule has 0 aliphatic heterocycles. The average molecular weight is 311 g/mol. The Morgan fingerprint density at radius 3 is 2.80 bits per heavy atom. The maximum Gasteiger partial charge on any atom is 0.339 e. The fourth-order valence-corrected chi connectivity index (χ4v) is 2.87. The van der Waals surface area contributed by atoms with Crippen LogP contribution in [0.25, 0.3) is 0 Å². The molecule has 0 unspecified atom stereocenters. The Morgan fingerprint density at radius 2 is 2.20 bits per heavy atom. The van der Waals surface area contributed by atoms with E-state index in [0.29, 0.717) is 11.3 Å². The molecule has 2 aromatic rings. The number of rotatable bonds is 5. The number of nitrogens with zero attached hydrogens (tertiary/aromatic N) is 1. The molecule has 0 radical (unpaired) electrons. The van der Waals surface area contributed by atoms with Gasteiger partial charge >= 0.3 is 5.97 Å². The summed E-state index contributed by atoms with van der Waals surface area (Å²) >= 11 is 7.46. The van der Waals surface area contributed by atoms with Crippen molar-refractivity contribution in [2.24, 2.45) is 0 Å². The summed E-state index contributed by atoms with van der Waals surface area (Å²) in [6.07, 6.45) is 0.886. The summed E-state index contributed by atoms with van der Waals surface area (Å²) in [5.74, 6) is 0.382. The zero-order valence-corrected chi connectivity index (χ0v) is 12.8. The van der Waals surface area contributed by atoms with E-state index in [1.54, 1.807) is 30.4 Å². The van der Waals surface area contributed by atoms with Gasteiger partial charge in [0, 0.05) is 11.4 Å². The molecule has 0 amide bonds. The monoisotopic (exact) mass is 310 g/mol. The third-order valence-corrected chi connectivity index (χ3v) is 4.09. The van der Waals surface area contributed by atoms with Crippen LogP contribution in [0.4, 0.5) is 5.82 Å². The van der Waals surface area contributed by atoms with Crippen LogP contribution in [0.3, 0.4) is 0 Å². The second-order valence-corrected chi connectivity index (χ2v) is 6.00. The predicted molar refractivity (Wildman–Crippen MR) is 81.8 cm³/mol. The molecule has 0 spiro atoms. The molecular weight excluding hydrogens is 296 g/mol. The quantitative estimate of drug-likeness (QED) is 0.858. The Labute approximate surface area is 126 Å². The van der Waals surface area contributed by atoms with Crippen molar-refractivity contribution in [1.29, 1.82) is 0 Å². The molecule has 0 aliphatic rings. The van der Waals surface area contributed by atoms with Crippen molar-refractivity contribution in [3.8, 4) is 0 Å². The van der Waals surface area contributed by atoms with Crippen LogP contribution in [0.1, 0.15) is 20.9 Å². The number of carbonyl (C=O) groups is 1. The van der Waals surface area contributed by atoms with Gasteiger partial charge in [-0.3, -0.25) is 0 Å². The molecule has 0 bridgehead atoms. The van der Waals surface area contributed by atoms with Crippen molar-refractivity contribution in [2.75, 3.05) is 19.0 Å². The second-order valence-electron chi connectivity index (χ2n) is 4.20. The Bertz CT molecular complexity index is 613. The van der Waals surface area contributed by atoms with E-state index in [1.807, 2.05) is 12.1 Å². The standard InChI is InChI=1S/C14H15ClN2O2S/c1-9-11(14(18)19-2)4-6-13(17-9)16-8-7-10-3-5-12(15)20-10/h3-6H,7-8H2,1-2H3,(H,16,17). The van der Waals surface area contributed by atoms with Gasteiger partial charge in [0.15, 0.2) is 0 Å². The van der Waals surface area contributed by atoms with E-state index in [-0.39, 0.29) is 5.97 Å². The van der Waals surface area contributed by atoms with Crippen LogP contribution in [-0.2, 0) is 11.2 Å². The number of thiophene rings is 1. The molecule has 2 aromatic heterocycles. The lowest BCUT2D eigenvalue weighted by Gasteiger charge is -2.08. The third-order valence-electron chi connectivity index (χ3n) is 2.80. The van der Waals surface area contributed by atoms with Crippen LogP contribution in [0, 0.1) is 6.92 Å². The molecule has 6 heteroatoms. The van der Waals surface area contributed by atoms with Gasteiger partial charge in [-0.25, -0.2) is 9.78 Å². The fourth-order valence-electron chi connectivity index (χ4n) is 1.79. The zero-order chi connectivity index (χ0) is 14.5. The average Bonchev–Trinajstić information content (AvgIpc) is 2.84. The van der Waals surface area contributed by atoms with Gasteiger partial charge in [0.25, 0.3) is 0 Å².